The third-order valence-corrected chi connectivity index (χ3v) is 2.22. The van der Waals surface area contributed by atoms with Gasteiger partial charge in [0.2, 0.25) is 0 Å². The van der Waals surface area contributed by atoms with Crippen molar-refractivity contribution in [1.82, 2.24) is 0 Å². The van der Waals surface area contributed by atoms with Crippen molar-refractivity contribution in [2.45, 2.75) is 6.42 Å². The van der Waals surface area contributed by atoms with Gasteiger partial charge in [0.1, 0.15) is 0 Å². The molecule has 78 valence electrons. The Morgan fingerprint density at radius 1 is 1.43 bits per heavy atom. The highest BCUT2D eigenvalue weighted by atomic mass is 16.3. The highest BCUT2D eigenvalue weighted by Crippen LogP contribution is 2.14. The van der Waals surface area contributed by atoms with E-state index in [2.05, 4.69) is 12.1 Å². The number of aliphatic hydroxyl groups excluding tert-OH is 1. The van der Waals surface area contributed by atoms with Gasteiger partial charge in [0, 0.05) is 19.3 Å². The van der Waals surface area contributed by atoms with Crippen LogP contribution in [0.2, 0.25) is 0 Å². The molecule has 0 saturated heterocycles. The van der Waals surface area contributed by atoms with E-state index >= 15 is 0 Å². The van der Waals surface area contributed by atoms with Crippen molar-refractivity contribution < 1.29 is 5.11 Å². The summed E-state index contributed by atoms with van der Waals surface area (Å²) in [5.41, 5.74) is 7.87. The first-order chi connectivity index (χ1) is 6.77. The molecule has 3 N–H and O–H groups in total. The maximum atomic E-state index is 8.81. The summed E-state index contributed by atoms with van der Waals surface area (Å²) in [5, 5.41) is 8.81. The summed E-state index contributed by atoms with van der Waals surface area (Å²) >= 11 is 0. The zero-order valence-corrected chi connectivity index (χ0v) is 8.61. The Morgan fingerprint density at radius 3 is 2.86 bits per heavy atom. The molecule has 0 heterocycles. The molecule has 0 bridgehead atoms. The van der Waals surface area contributed by atoms with Crippen molar-refractivity contribution in [2.24, 2.45) is 5.73 Å². The van der Waals surface area contributed by atoms with E-state index in [1.165, 1.54) is 5.56 Å². The van der Waals surface area contributed by atoms with Gasteiger partial charge in [-0.1, -0.05) is 12.1 Å². The third kappa shape index (κ3) is 3.01. The number of aliphatic hydroxyl groups is 1. The summed E-state index contributed by atoms with van der Waals surface area (Å²) < 4.78 is 0. The molecule has 0 aliphatic heterocycles. The minimum absolute atomic E-state index is 0.178. The van der Waals surface area contributed by atoms with E-state index in [4.69, 9.17) is 10.8 Å². The lowest BCUT2D eigenvalue weighted by Crippen LogP contribution is -2.21. The maximum absolute atomic E-state index is 8.81. The van der Waals surface area contributed by atoms with Gasteiger partial charge in [-0.25, -0.2) is 0 Å². The van der Waals surface area contributed by atoms with E-state index in [-0.39, 0.29) is 6.61 Å². The molecule has 0 aliphatic carbocycles. The van der Waals surface area contributed by atoms with Gasteiger partial charge in [0.15, 0.2) is 0 Å². The van der Waals surface area contributed by atoms with Gasteiger partial charge in [-0.3, -0.25) is 0 Å². The first-order valence-corrected chi connectivity index (χ1v) is 4.89. The molecule has 1 aromatic carbocycles. The number of anilines is 1. The van der Waals surface area contributed by atoms with Crippen LogP contribution in [0.3, 0.4) is 0 Å². The SMILES string of the molecule is CN(CCO)c1cccc(CCN)c1. The van der Waals surface area contributed by atoms with Crippen LogP contribution in [0.25, 0.3) is 0 Å². The van der Waals surface area contributed by atoms with Crippen molar-refractivity contribution in [3.63, 3.8) is 0 Å². The highest BCUT2D eigenvalue weighted by Gasteiger charge is 2.00. The van der Waals surface area contributed by atoms with Gasteiger partial charge in [-0.15, -0.1) is 0 Å². The van der Waals surface area contributed by atoms with Gasteiger partial charge >= 0.3 is 0 Å². The molecule has 3 heteroatoms. The molecule has 0 atom stereocenters. The summed E-state index contributed by atoms with van der Waals surface area (Å²) in [7, 11) is 1.97. The van der Waals surface area contributed by atoms with Crippen LogP contribution in [0.15, 0.2) is 24.3 Å². The Morgan fingerprint density at radius 2 is 2.21 bits per heavy atom. The summed E-state index contributed by atoms with van der Waals surface area (Å²) in [5.74, 6) is 0. The maximum Gasteiger partial charge on any atom is 0.0606 e. The fourth-order valence-corrected chi connectivity index (χ4v) is 1.40. The van der Waals surface area contributed by atoms with E-state index in [0.717, 1.165) is 12.1 Å². The van der Waals surface area contributed by atoms with Crippen LogP contribution in [0, 0.1) is 0 Å². The molecule has 0 unspecified atom stereocenters. The van der Waals surface area contributed by atoms with Gasteiger partial charge < -0.3 is 15.7 Å². The summed E-state index contributed by atoms with van der Waals surface area (Å²) in [4.78, 5) is 2.03. The minimum atomic E-state index is 0.178. The molecule has 3 nitrogen and oxygen atoms in total. The molecule has 0 aromatic heterocycles. The number of likely N-dealkylation sites (N-methyl/N-ethyl adjacent to an activating group) is 1. The average molecular weight is 194 g/mol. The van der Waals surface area contributed by atoms with Crippen molar-refractivity contribution in [3.05, 3.63) is 29.8 Å². The number of benzene rings is 1. The molecule has 1 rings (SSSR count). The van der Waals surface area contributed by atoms with Crippen LogP contribution in [0.4, 0.5) is 5.69 Å². The topological polar surface area (TPSA) is 49.5 Å². The van der Waals surface area contributed by atoms with Crippen LogP contribution in [0.5, 0.6) is 0 Å². The second-order valence-electron chi connectivity index (χ2n) is 3.35. The van der Waals surface area contributed by atoms with E-state index < -0.39 is 0 Å². The van der Waals surface area contributed by atoms with Gasteiger partial charge in [0.05, 0.1) is 6.61 Å². The lowest BCUT2D eigenvalue weighted by molar-refractivity contribution is 0.304. The first-order valence-electron chi connectivity index (χ1n) is 4.89. The van der Waals surface area contributed by atoms with E-state index in [0.29, 0.717) is 13.1 Å². The summed E-state index contributed by atoms with van der Waals surface area (Å²) in [6.07, 6.45) is 0.904. The Bertz CT molecular complexity index is 276. The Balaban J connectivity index is 2.71. The Kier molecular flexibility index (Phi) is 4.43. The fourth-order valence-electron chi connectivity index (χ4n) is 1.40. The van der Waals surface area contributed by atoms with E-state index in [9.17, 15) is 0 Å². The molecule has 0 aliphatic rings. The largest absolute Gasteiger partial charge is 0.395 e. The smallest absolute Gasteiger partial charge is 0.0606 e. The number of nitrogens with two attached hydrogens (primary N) is 1. The normalized spacial score (nSPS) is 10.2. The van der Waals surface area contributed by atoms with E-state index in [1.54, 1.807) is 0 Å². The molecule has 0 radical (unpaired) electrons. The van der Waals surface area contributed by atoms with Crippen molar-refractivity contribution in [1.29, 1.82) is 0 Å². The monoisotopic (exact) mass is 194 g/mol. The van der Waals surface area contributed by atoms with Gasteiger partial charge in [-0.2, -0.15) is 0 Å². The second kappa shape index (κ2) is 5.62. The zero-order valence-electron chi connectivity index (χ0n) is 8.61. The van der Waals surface area contributed by atoms with Crippen LogP contribution < -0.4 is 10.6 Å². The third-order valence-electron chi connectivity index (χ3n) is 2.22. The fraction of sp³-hybridized carbons (Fsp3) is 0.455. The molecule has 0 fully saturated rings. The lowest BCUT2D eigenvalue weighted by Gasteiger charge is -2.18. The molecule has 14 heavy (non-hydrogen) atoms. The van der Waals surface area contributed by atoms with Crippen molar-refractivity contribution in [2.75, 3.05) is 31.6 Å². The highest BCUT2D eigenvalue weighted by molar-refractivity contribution is 5.47. The number of rotatable bonds is 5. The Labute approximate surface area is 85.2 Å². The van der Waals surface area contributed by atoms with Gasteiger partial charge in [-0.05, 0) is 30.7 Å². The molecule has 0 amide bonds. The summed E-state index contributed by atoms with van der Waals surface area (Å²) in [6, 6.07) is 8.25. The molecule has 0 saturated carbocycles. The molecule has 0 spiro atoms. The molecular formula is C11H18N2O. The molecule has 1 aromatic rings. The van der Waals surface area contributed by atoms with E-state index in [1.807, 2.05) is 24.1 Å². The summed E-state index contributed by atoms with van der Waals surface area (Å²) in [6.45, 7) is 1.51. The predicted octanol–water partition coefficient (Wildman–Crippen LogP) is 0.616. The standard InChI is InChI=1S/C11H18N2O/c1-13(7-8-14)11-4-2-3-10(9-11)5-6-12/h2-4,9,14H,5-8,12H2,1H3. The average Bonchev–Trinajstić information content (AvgIpc) is 2.19. The van der Waals surface area contributed by atoms with Gasteiger partial charge in [0.25, 0.3) is 0 Å². The van der Waals surface area contributed by atoms with Crippen LogP contribution in [0.1, 0.15) is 5.56 Å². The lowest BCUT2D eigenvalue weighted by atomic mass is 10.1. The minimum Gasteiger partial charge on any atom is -0.395 e. The van der Waals surface area contributed by atoms with Crippen molar-refractivity contribution >= 4 is 5.69 Å². The quantitative estimate of drug-likeness (QED) is 0.722. The van der Waals surface area contributed by atoms with Crippen LogP contribution in [-0.2, 0) is 6.42 Å². The second-order valence-corrected chi connectivity index (χ2v) is 3.35. The molecular weight excluding hydrogens is 176 g/mol. The van der Waals surface area contributed by atoms with Crippen LogP contribution in [-0.4, -0.2) is 31.9 Å². The number of nitrogens with zero attached hydrogens (tertiary/aromatic N) is 1. The first kappa shape index (κ1) is 11.0. The number of hydrogen-bond acceptors (Lipinski definition) is 3. The number of hydrogen-bond donors (Lipinski definition) is 2. The zero-order chi connectivity index (χ0) is 10.4. The van der Waals surface area contributed by atoms with Crippen molar-refractivity contribution in [3.8, 4) is 0 Å². The predicted molar refractivity (Wildman–Crippen MR) is 59.6 cm³/mol. The Hall–Kier alpha value is -1.06. The van der Waals surface area contributed by atoms with Crippen LogP contribution >= 0.6 is 0 Å².